The molecule has 1 aliphatic carbocycles. The van der Waals surface area contributed by atoms with Gasteiger partial charge in [0.25, 0.3) is 5.91 Å². The van der Waals surface area contributed by atoms with Gasteiger partial charge in [0.05, 0.1) is 22.3 Å². The van der Waals surface area contributed by atoms with E-state index in [0.29, 0.717) is 43.1 Å². The van der Waals surface area contributed by atoms with Crippen molar-refractivity contribution >= 4 is 35.1 Å². The van der Waals surface area contributed by atoms with Crippen molar-refractivity contribution in [3.05, 3.63) is 75.9 Å². The number of carbonyl (C=O) groups excluding carboxylic acids is 2. The van der Waals surface area contributed by atoms with Crippen LogP contribution in [-0.4, -0.2) is 34.4 Å². The number of alkyl carbamates (subject to hydrolysis) is 1. The minimum absolute atomic E-state index is 0.105. The van der Waals surface area contributed by atoms with Crippen LogP contribution < -0.4 is 16.4 Å². The molecule has 0 radical (unpaired) electrons. The third-order valence-corrected chi connectivity index (χ3v) is 6.81. The maximum Gasteiger partial charge on any atom is 0.407 e. The lowest BCUT2D eigenvalue weighted by atomic mass is 9.89. The molecule has 34 heavy (non-hydrogen) atoms. The van der Waals surface area contributed by atoms with Gasteiger partial charge in [-0.1, -0.05) is 54.1 Å². The van der Waals surface area contributed by atoms with Gasteiger partial charge in [0.15, 0.2) is 0 Å². The Bertz CT molecular complexity index is 1230. The van der Waals surface area contributed by atoms with Gasteiger partial charge in [-0.05, 0) is 42.9 Å². The number of ether oxygens (including phenoxy) is 1. The summed E-state index contributed by atoms with van der Waals surface area (Å²) in [5.41, 5.74) is 10.5. The second-order valence-corrected chi connectivity index (χ2v) is 9.09. The molecule has 0 bridgehead atoms. The first-order chi connectivity index (χ1) is 16.5. The molecule has 176 valence electrons. The number of nitrogens with one attached hydrogen (secondary N) is 2. The van der Waals surface area contributed by atoms with Crippen molar-refractivity contribution in [1.29, 1.82) is 0 Å². The number of hydrogen-bond donors (Lipinski definition) is 3. The quantitative estimate of drug-likeness (QED) is 0.518. The summed E-state index contributed by atoms with van der Waals surface area (Å²) in [7, 11) is 0. The minimum Gasteiger partial charge on any atom is -0.445 e. The number of nitrogens with zero attached hydrogens (tertiary/aromatic N) is 2. The van der Waals surface area contributed by atoms with Crippen molar-refractivity contribution in [2.24, 2.45) is 0 Å². The number of nitrogen functional groups attached to an aromatic ring is 1. The number of nitrogens with two attached hydrogens (primary N) is 1. The number of halogens is 1. The molecule has 5 rings (SSSR count). The molecule has 9 heteroatoms. The Labute approximate surface area is 202 Å². The van der Waals surface area contributed by atoms with Gasteiger partial charge in [-0.3, -0.25) is 4.79 Å². The van der Waals surface area contributed by atoms with Crippen LogP contribution in [0.15, 0.2) is 48.5 Å². The maximum absolute atomic E-state index is 13.5. The third kappa shape index (κ3) is 4.33. The maximum atomic E-state index is 13.5. The zero-order chi connectivity index (χ0) is 23.7. The number of aromatic nitrogens is 2. The largest absolute Gasteiger partial charge is 0.445 e. The molecule has 2 aliphatic rings. The smallest absolute Gasteiger partial charge is 0.407 e. The number of hydrogen-bond acceptors (Lipinski definition) is 6. The van der Waals surface area contributed by atoms with Crippen LogP contribution in [0.3, 0.4) is 0 Å². The zero-order valence-electron chi connectivity index (χ0n) is 18.6. The minimum atomic E-state index is -0.470. The number of para-hydroxylation sites is 1. The zero-order valence-corrected chi connectivity index (χ0v) is 19.3. The summed E-state index contributed by atoms with van der Waals surface area (Å²) < 4.78 is 6.81. The van der Waals surface area contributed by atoms with Crippen molar-refractivity contribution in [1.82, 2.24) is 15.1 Å². The van der Waals surface area contributed by atoms with Crippen LogP contribution in [0.2, 0.25) is 5.02 Å². The molecule has 4 N–H and O–H groups in total. The fourth-order valence-electron chi connectivity index (χ4n) is 4.80. The Morgan fingerprint density at radius 1 is 1.18 bits per heavy atom. The van der Waals surface area contributed by atoms with Gasteiger partial charge in [0.1, 0.15) is 12.4 Å². The van der Waals surface area contributed by atoms with Crippen molar-refractivity contribution < 1.29 is 14.3 Å². The normalized spacial score (nSPS) is 18.9. The number of fused-ring (bicyclic) bond motifs is 2. The molecule has 3 aromatic rings. The van der Waals surface area contributed by atoms with Gasteiger partial charge in [-0.15, -0.1) is 5.10 Å². The lowest BCUT2D eigenvalue weighted by Crippen LogP contribution is -2.39. The Hall–Kier alpha value is -3.52. The highest BCUT2D eigenvalue weighted by atomic mass is 35.5. The Morgan fingerprint density at radius 2 is 2.00 bits per heavy atom. The first kappa shape index (κ1) is 22.3. The summed E-state index contributed by atoms with van der Waals surface area (Å²) in [6, 6.07) is 15.0. The van der Waals surface area contributed by atoms with E-state index in [9.17, 15) is 9.59 Å². The number of anilines is 2. The summed E-state index contributed by atoms with van der Waals surface area (Å²) in [6.07, 6.45) is 1.94. The van der Waals surface area contributed by atoms with Gasteiger partial charge in [-0.25, -0.2) is 9.48 Å². The predicted molar refractivity (Wildman–Crippen MR) is 130 cm³/mol. The highest BCUT2D eigenvalue weighted by Gasteiger charge is 2.34. The molecule has 0 fully saturated rings. The van der Waals surface area contributed by atoms with E-state index in [1.54, 1.807) is 0 Å². The van der Waals surface area contributed by atoms with Gasteiger partial charge < -0.3 is 21.1 Å². The number of carbonyl (C=O) groups is 2. The molecule has 0 spiro atoms. The summed E-state index contributed by atoms with van der Waals surface area (Å²) in [5.74, 6) is -0.124. The molecule has 2 aromatic carbocycles. The SMILES string of the molecule is Nc1nn(C(=O)C2CCNc3c(Cl)cccc32)c2c1C[C@@H](NC(=O)OCc1ccccc1)CC2. The molecular formula is C25H26ClN5O3. The summed E-state index contributed by atoms with van der Waals surface area (Å²) in [4.78, 5) is 25.8. The predicted octanol–water partition coefficient (Wildman–Crippen LogP) is 4.14. The Balaban J connectivity index is 1.28. The molecule has 0 saturated heterocycles. The van der Waals surface area contributed by atoms with Crippen LogP contribution in [0.25, 0.3) is 0 Å². The van der Waals surface area contributed by atoms with Gasteiger partial charge in [-0.2, -0.15) is 0 Å². The highest BCUT2D eigenvalue weighted by Crippen LogP contribution is 2.38. The van der Waals surface area contributed by atoms with E-state index in [1.807, 2.05) is 48.5 Å². The van der Waals surface area contributed by atoms with Crippen LogP contribution in [0, 0.1) is 0 Å². The van der Waals surface area contributed by atoms with Crippen LogP contribution in [-0.2, 0) is 24.2 Å². The molecule has 1 aromatic heterocycles. The second kappa shape index (κ2) is 9.38. The first-order valence-electron chi connectivity index (χ1n) is 11.4. The molecule has 2 heterocycles. The van der Waals surface area contributed by atoms with E-state index in [1.165, 1.54) is 4.68 Å². The van der Waals surface area contributed by atoms with Crippen LogP contribution in [0.1, 0.15) is 45.9 Å². The van der Waals surface area contributed by atoms with Gasteiger partial charge in [0.2, 0.25) is 0 Å². The first-order valence-corrected chi connectivity index (χ1v) is 11.8. The molecular weight excluding hydrogens is 454 g/mol. The molecule has 8 nitrogen and oxygen atoms in total. The van der Waals surface area contributed by atoms with E-state index in [-0.39, 0.29) is 24.5 Å². The fourth-order valence-corrected chi connectivity index (χ4v) is 5.05. The molecule has 1 amide bonds. The standard InChI is InChI=1S/C25H26ClN5O3/c26-20-8-4-7-17-18(11-12-28-22(17)20)24(32)31-21-10-9-16(13-19(21)23(27)30-31)29-25(33)34-14-15-5-2-1-3-6-15/h1-8,16,18,28H,9-14H2,(H2,27,30)(H,29,33)/t16-,18?/m0/s1. The van der Waals surface area contributed by atoms with E-state index < -0.39 is 6.09 Å². The summed E-state index contributed by atoms with van der Waals surface area (Å²) in [6.45, 7) is 0.865. The van der Waals surface area contributed by atoms with Gasteiger partial charge in [0, 0.05) is 18.2 Å². The lowest BCUT2D eigenvalue weighted by Gasteiger charge is -2.27. The summed E-state index contributed by atoms with van der Waals surface area (Å²) in [5, 5.41) is 11.2. The van der Waals surface area contributed by atoms with Crippen molar-refractivity contribution in [3.63, 3.8) is 0 Å². The second-order valence-electron chi connectivity index (χ2n) is 8.68. The monoisotopic (exact) mass is 479 g/mol. The van der Waals surface area contributed by atoms with Crippen molar-refractivity contribution in [3.8, 4) is 0 Å². The van der Waals surface area contributed by atoms with Crippen molar-refractivity contribution in [2.75, 3.05) is 17.6 Å². The Kier molecular flexibility index (Phi) is 6.15. The van der Waals surface area contributed by atoms with Crippen LogP contribution in [0.4, 0.5) is 16.3 Å². The van der Waals surface area contributed by atoms with E-state index in [4.69, 9.17) is 22.1 Å². The van der Waals surface area contributed by atoms with E-state index in [2.05, 4.69) is 15.7 Å². The fraction of sp³-hybridized carbons (Fsp3) is 0.320. The Morgan fingerprint density at radius 3 is 2.82 bits per heavy atom. The average Bonchev–Trinajstić information content (AvgIpc) is 3.19. The lowest BCUT2D eigenvalue weighted by molar-refractivity contribution is 0.0851. The molecule has 1 unspecified atom stereocenters. The molecule has 2 atom stereocenters. The highest BCUT2D eigenvalue weighted by molar-refractivity contribution is 6.33. The molecule has 0 saturated carbocycles. The van der Waals surface area contributed by atoms with Crippen molar-refractivity contribution in [2.45, 2.75) is 44.2 Å². The van der Waals surface area contributed by atoms with E-state index >= 15 is 0 Å². The van der Waals surface area contributed by atoms with Gasteiger partial charge >= 0.3 is 6.09 Å². The van der Waals surface area contributed by atoms with Crippen LogP contribution >= 0.6 is 11.6 Å². The number of benzene rings is 2. The molecule has 1 aliphatic heterocycles. The average molecular weight is 480 g/mol. The van der Waals surface area contributed by atoms with Crippen LogP contribution in [0.5, 0.6) is 0 Å². The number of rotatable bonds is 4. The third-order valence-electron chi connectivity index (χ3n) is 6.50. The number of amides is 1. The van der Waals surface area contributed by atoms with E-state index in [0.717, 1.165) is 28.1 Å². The topological polar surface area (TPSA) is 111 Å². The summed E-state index contributed by atoms with van der Waals surface area (Å²) >= 11 is 6.33.